The number of aromatic nitrogens is 2. The second kappa shape index (κ2) is 6.30. The Morgan fingerprint density at radius 3 is 2.67 bits per heavy atom. The van der Waals surface area contributed by atoms with Gasteiger partial charge in [-0.25, -0.2) is 9.97 Å². The number of carbonyl (C=O) groups is 1. The lowest BCUT2D eigenvalue weighted by atomic mass is 9.82. The van der Waals surface area contributed by atoms with Crippen LogP contribution >= 0.6 is 0 Å². The Morgan fingerprint density at radius 2 is 2.04 bits per heavy atom. The van der Waals surface area contributed by atoms with Crippen molar-refractivity contribution in [1.29, 1.82) is 0 Å². The van der Waals surface area contributed by atoms with E-state index in [-0.39, 0.29) is 11.4 Å². The summed E-state index contributed by atoms with van der Waals surface area (Å²) in [6.45, 7) is 2.11. The summed E-state index contributed by atoms with van der Waals surface area (Å²) in [4.78, 5) is 23.5. The van der Waals surface area contributed by atoms with Crippen molar-refractivity contribution >= 4 is 5.91 Å². The third-order valence-corrected chi connectivity index (χ3v) is 6.21. The molecule has 1 atom stereocenters. The maximum absolute atomic E-state index is 12.7. The zero-order valence-corrected chi connectivity index (χ0v) is 15.5. The first-order valence-electron chi connectivity index (χ1n) is 9.53. The van der Waals surface area contributed by atoms with Crippen LogP contribution in [0.15, 0.2) is 30.6 Å². The standard InChI is InChI=1S/C21H23N3O3/c1-26-18-3-2-15-6-14(7-16(15)9-18)8-19-22-10-17(11-23-19)20(25)24-5-4-21(24)12-27-13-21/h2-3,9-11,14H,4-8,12-13H2,1H3. The molecular formula is C21H23N3O3. The van der Waals surface area contributed by atoms with Gasteiger partial charge in [0.25, 0.3) is 5.91 Å². The molecule has 1 aromatic heterocycles. The smallest absolute Gasteiger partial charge is 0.257 e. The van der Waals surface area contributed by atoms with E-state index >= 15 is 0 Å². The van der Waals surface area contributed by atoms with Gasteiger partial charge in [-0.05, 0) is 48.4 Å². The van der Waals surface area contributed by atoms with Crippen LogP contribution in [0.4, 0.5) is 0 Å². The van der Waals surface area contributed by atoms with E-state index in [1.165, 1.54) is 11.1 Å². The predicted octanol–water partition coefficient (Wildman–Crippen LogP) is 2.06. The Hall–Kier alpha value is -2.47. The Labute approximate surface area is 158 Å². The summed E-state index contributed by atoms with van der Waals surface area (Å²) in [7, 11) is 1.70. The molecule has 0 N–H and O–H groups in total. The maximum atomic E-state index is 12.7. The highest BCUT2D eigenvalue weighted by molar-refractivity contribution is 5.94. The van der Waals surface area contributed by atoms with E-state index in [0.29, 0.717) is 24.7 Å². The van der Waals surface area contributed by atoms with Crippen LogP contribution < -0.4 is 4.74 Å². The number of amides is 1. The van der Waals surface area contributed by atoms with Crippen LogP contribution in [-0.4, -0.2) is 53.2 Å². The number of fused-ring (bicyclic) bond motifs is 1. The first kappa shape index (κ1) is 16.7. The fourth-order valence-electron chi connectivity index (χ4n) is 4.44. The molecule has 6 nitrogen and oxygen atoms in total. The fourth-order valence-corrected chi connectivity index (χ4v) is 4.44. The minimum Gasteiger partial charge on any atom is -0.497 e. The molecule has 2 fully saturated rings. The normalized spacial score (nSPS) is 22.1. The number of hydrogen-bond donors (Lipinski definition) is 0. The van der Waals surface area contributed by atoms with Gasteiger partial charge >= 0.3 is 0 Å². The third-order valence-electron chi connectivity index (χ3n) is 6.21. The molecule has 140 valence electrons. The van der Waals surface area contributed by atoms with Crippen LogP contribution in [-0.2, 0) is 24.0 Å². The largest absolute Gasteiger partial charge is 0.497 e. The van der Waals surface area contributed by atoms with Gasteiger partial charge in [-0.3, -0.25) is 4.79 Å². The molecule has 5 rings (SSSR count). The fraction of sp³-hybridized carbons (Fsp3) is 0.476. The van der Waals surface area contributed by atoms with Crippen molar-refractivity contribution in [2.45, 2.75) is 31.2 Å². The van der Waals surface area contributed by atoms with E-state index in [0.717, 1.165) is 43.8 Å². The van der Waals surface area contributed by atoms with Crippen LogP contribution in [0.1, 0.15) is 33.7 Å². The Morgan fingerprint density at radius 1 is 1.26 bits per heavy atom. The molecular weight excluding hydrogens is 342 g/mol. The van der Waals surface area contributed by atoms with Gasteiger partial charge in [-0.2, -0.15) is 0 Å². The zero-order valence-electron chi connectivity index (χ0n) is 15.5. The quantitative estimate of drug-likeness (QED) is 0.830. The Bertz CT molecular complexity index is 871. The zero-order chi connectivity index (χ0) is 18.4. The minimum absolute atomic E-state index is 0.0245. The molecule has 6 heteroatoms. The van der Waals surface area contributed by atoms with Crippen molar-refractivity contribution in [3.8, 4) is 5.75 Å². The monoisotopic (exact) mass is 365 g/mol. The molecule has 0 bridgehead atoms. The number of carbonyl (C=O) groups excluding carboxylic acids is 1. The number of ether oxygens (including phenoxy) is 2. The molecule has 27 heavy (non-hydrogen) atoms. The Kier molecular flexibility index (Phi) is 3.90. The number of methoxy groups -OCH3 is 1. The number of hydrogen-bond acceptors (Lipinski definition) is 5. The number of likely N-dealkylation sites (tertiary alicyclic amines) is 1. The summed E-state index contributed by atoms with van der Waals surface area (Å²) >= 11 is 0. The minimum atomic E-state index is -0.0492. The second-order valence-corrected chi connectivity index (χ2v) is 7.92. The van der Waals surface area contributed by atoms with Gasteiger partial charge in [0.2, 0.25) is 0 Å². The van der Waals surface area contributed by atoms with Gasteiger partial charge in [0.1, 0.15) is 11.6 Å². The maximum Gasteiger partial charge on any atom is 0.257 e. The highest BCUT2D eigenvalue weighted by Gasteiger charge is 2.53. The summed E-state index contributed by atoms with van der Waals surface area (Å²) in [5.74, 6) is 2.24. The van der Waals surface area contributed by atoms with Crippen molar-refractivity contribution in [2.75, 3.05) is 26.9 Å². The van der Waals surface area contributed by atoms with Gasteiger partial charge in [0.05, 0.1) is 31.4 Å². The number of rotatable bonds is 4. The van der Waals surface area contributed by atoms with Crippen LogP contribution in [0.5, 0.6) is 5.75 Å². The van der Waals surface area contributed by atoms with Crippen molar-refractivity contribution in [3.63, 3.8) is 0 Å². The molecule has 1 aromatic carbocycles. The molecule has 0 radical (unpaired) electrons. The third kappa shape index (κ3) is 2.79. The molecule has 1 unspecified atom stereocenters. The van der Waals surface area contributed by atoms with Crippen molar-refractivity contribution in [1.82, 2.24) is 14.9 Å². The topological polar surface area (TPSA) is 64.5 Å². The number of benzene rings is 1. The van der Waals surface area contributed by atoms with Crippen LogP contribution in [0.2, 0.25) is 0 Å². The van der Waals surface area contributed by atoms with Gasteiger partial charge < -0.3 is 14.4 Å². The number of nitrogens with zero attached hydrogens (tertiary/aromatic N) is 3. The van der Waals surface area contributed by atoms with E-state index in [1.54, 1.807) is 19.5 Å². The van der Waals surface area contributed by atoms with E-state index in [1.807, 2.05) is 11.0 Å². The van der Waals surface area contributed by atoms with Crippen molar-refractivity contribution in [2.24, 2.45) is 5.92 Å². The summed E-state index contributed by atoms with van der Waals surface area (Å²) in [6.07, 6.45) is 7.28. The molecule has 0 saturated carbocycles. The highest BCUT2D eigenvalue weighted by atomic mass is 16.5. The lowest BCUT2D eigenvalue weighted by Gasteiger charge is -2.57. The van der Waals surface area contributed by atoms with Crippen molar-refractivity contribution in [3.05, 3.63) is 53.1 Å². The summed E-state index contributed by atoms with van der Waals surface area (Å²) in [5.41, 5.74) is 3.27. The Balaban J connectivity index is 1.23. The molecule has 2 aromatic rings. The van der Waals surface area contributed by atoms with E-state index in [2.05, 4.69) is 22.1 Å². The SMILES string of the molecule is COc1ccc2c(c1)CC(Cc1ncc(C(=O)N3CCC34COC4)cn1)C2. The van der Waals surface area contributed by atoms with E-state index in [9.17, 15) is 4.79 Å². The summed E-state index contributed by atoms with van der Waals surface area (Å²) < 4.78 is 10.6. The summed E-state index contributed by atoms with van der Waals surface area (Å²) in [5, 5.41) is 0. The van der Waals surface area contributed by atoms with Crippen molar-refractivity contribution < 1.29 is 14.3 Å². The van der Waals surface area contributed by atoms with Gasteiger partial charge in [-0.15, -0.1) is 0 Å². The van der Waals surface area contributed by atoms with E-state index < -0.39 is 0 Å². The lowest BCUT2D eigenvalue weighted by molar-refractivity contribution is -0.172. The van der Waals surface area contributed by atoms with Crippen LogP contribution in [0.3, 0.4) is 0 Å². The average Bonchev–Trinajstić information content (AvgIpc) is 3.01. The van der Waals surface area contributed by atoms with Gasteiger partial charge in [0, 0.05) is 25.4 Å². The van der Waals surface area contributed by atoms with Crippen LogP contribution in [0, 0.1) is 5.92 Å². The second-order valence-electron chi connectivity index (χ2n) is 7.92. The lowest BCUT2D eigenvalue weighted by Crippen LogP contribution is -2.72. The summed E-state index contributed by atoms with van der Waals surface area (Å²) in [6, 6.07) is 6.31. The molecule has 1 aliphatic carbocycles. The molecule has 3 aliphatic rings. The molecule has 1 amide bonds. The average molecular weight is 365 g/mol. The van der Waals surface area contributed by atoms with E-state index in [4.69, 9.17) is 9.47 Å². The highest BCUT2D eigenvalue weighted by Crippen LogP contribution is 2.38. The molecule has 2 saturated heterocycles. The van der Waals surface area contributed by atoms with Gasteiger partial charge in [-0.1, -0.05) is 6.07 Å². The molecule has 3 heterocycles. The first-order valence-corrected chi connectivity index (χ1v) is 9.53. The van der Waals surface area contributed by atoms with Crippen LogP contribution in [0.25, 0.3) is 0 Å². The van der Waals surface area contributed by atoms with Gasteiger partial charge in [0.15, 0.2) is 0 Å². The molecule has 1 spiro atoms. The molecule has 2 aliphatic heterocycles. The predicted molar refractivity (Wildman–Crippen MR) is 98.8 cm³/mol. The first-order chi connectivity index (χ1) is 13.2.